The molecule has 1 fully saturated rings. The van der Waals surface area contributed by atoms with Crippen LogP contribution < -0.4 is 16.6 Å². The quantitative estimate of drug-likeness (QED) is 0.134. The molecular weight excluding hydrogens is 617 g/mol. The second-order valence-electron chi connectivity index (χ2n) is 11.5. The Labute approximate surface area is 270 Å². The van der Waals surface area contributed by atoms with E-state index in [9.17, 15) is 28.0 Å². The molecule has 0 aliphatic carbocycles. The molecule has 0 bridgehead atoms. The van der Waals surface area contributed by atoms with Crippen LogP contribution in [0.4, 0.5) is 0 Å². The number of hydroxylamine groups is 1. The van der Waals surface area contributed by atoms with Crippen LogP contribution in [0.15, 0.2) is 65.6 Å². The maximum absolute atomic E-state index is 13.5. The first-order valence-corrected chi connectivity index (χ1v) is 17.5. The summed E-state index contributed by atoms with van der Waals surface area (Å²) in [6, 6.07) is 14.7. The van der Waals surface area contributed by atoms with E-state index in [1.807, 2.05) is 75.0 Å². The fourth-order valence-electron chi connectivity index (χ4n) is 4.81. The zero-order valence-corrected chi connectivity index (χ0v) is 27.9. The number of hydrogen-bond acceptors (Lipinski definition) is 8. The standard InChI is InChI=1S/C25H38N4O4S.C7H8O3S/c1-17(2)16-22(21(24(31)28-33)11-7-10-19-8-5-4-6-9-19)23(30)27-29(25(32)18(3)26)20-12-14-34-15-13-20;1-6-2-4-7(5-3-6)11(8,9)10/h4-10,17-18,20-22,33H,11-16,26H2,1-3H3,(H,27,30)(H,28,31);2-5H,1H3,(H,8,9,10)/b10-7+;/t18-,21+,22-;/m1./s1. The van der Waals surface area contributed by atoms with Gasteiger partial charge in [0.2, 0.25) is 11.8 Å². The minimum absolute atomic E-state index is 0.0666. The number of nitrogens with two attached hydrogens (primary N) is 1. The van der Waals surface area contributed by atoms with Crippen molar-refractivity contribution in [1.29, 1.82) is 0 Å². The second kappa shape index (κ2) is 18.7. The number of thioether (sulfide) groups is 1. The Bertz CT molecular complexity index is 1360. The summed E-state index contributed by atoms with van der Waals surface area (Å²) in [5, 5.41) is 10.8. The number of hydrogen-bond donors (Lipinski definition) is 5. The third-order valence-electron chi connectivity index (χ3n) is 7.23. The molecule has 2 aromatic carbocycles. The van der Waals surface area contributed by atoms with Crippen LogP contribution in [0.1, 0.15) is 57.6 Å². The fraction of sp³-hybridized carbons (Fsp3) is 0.469. The van der Waals surface area contributed by atoms with Gasteiger partial charge in [0.1, 0.15) is 0 Å². The van der Waals surface area contributed by atoms with Gasteiger partial charge >= 0.3 is 0 Å². The van der Waals surface area contributed by atoms with E-state index in [2.05, 4.69) is 5.43 Å². The molecule has 6 N–H and O–H groups in total. The summed E-state index contributed by atoms with van der Waals surface area (Å²) in [7, 11) is -4.02. The molecule has 11 nitrogen and oxygen atoms in total. The number of carbonyl (C=O) groups is 3. The number of aryl methyl sites for hydroxylation is 1. The third kappa shape index (κ3) is 13.0. The summed E-state index contributed by atoms with van der Waals surface area (Å²) in [5.74, 6) is -1.01. The third-order valence-corrected chi connectivity index (χ3v) is 9.14. The van der Waals surface area contributed by atoms with Crippen molar-refractivity contribution in [2.75, 3.05) is 11.5 Å². The Hall–Kier alpha value is -3.23. The maximum Gasteiger partial charge on any atom is 0.294 e. The minimum atomic E-state index is -4.02. The van der Waals surface area contributed by atoms with Crippen LogP contribution in [0.2, 0.25) is 0 Å². The predicted molar refractivity (Wildman–Crippen MR) is 176 cm³/mol. The monoisotopic (exact) mass is 662 g/mol. The zero-order chi connectivity index (χ0) is 33.6. The lowest BCUT2D eigenvalue weighted by atomic mass is 9.82. The molecule has 0 spiro atoms. The van der Waals surface area contributed by atoms with Gasteiger partial charge in [0.25, 0.3) is 16.0 Å². The van der Waals surface area contributed by atoms with E-state index < -0.39 is 39.8 Å². The molecule has 13 heteroatoms. The lowest BCUT2D eigenvalue weighted by Crippen LogP contribution is -2.59. The minimum Gasteiger partial charge on any atom is -0.320 e. The Kier molecular flexibility index (Phi) is 15.7. The summed E-state index contributed by atoms with van der Waals surface area (Å²) in [6.07, 6.45) is 5.92. The van der Waals surface area contributed by atoms with Gasteiger partial charge in [-0.2, -0.15) is 20.2 Å². The largest absolute Gasteiger partial charge is 0.320 e. The predicted octanol–water partition coefficient (Wildman–Crippen LogP) is 4.22. The summed E-state index contributed by atoms with van der Waals surface area (Å²) in [6.45, 7) is 7.38. The number of nitrogens with one attached hydrogen (secondary N) is 2. The molecule has 0 radical (unpaired) electrons. The number of benzene rings is 2. The van der Waals surface area contributed by atoms with E-state index in [0.29, 0.717) is 6.42 Å². The highest BCUT2D eigenvalue weighted by Gasteiger charge is 2.37. The van der Waals surface area contributed by atoms with Crippen molar-refractivity contribution in [3.63, 3.8) is 0 Å². The van der Waals surface area contributed by atoms with Gasteiger partial charge in [0.05, 0.1) is 28.8 Å². The Morgan fingerprint density at radius 1 is 1.00 bits per heavy atom. The average molecular weight is 663 g/mol. The number of allylic oxidation sites excluding steroid dienone is 1. The smallest absolute Gasteiger partial charge is 0.294 e. The second-order valence-corrected chi connectivity index (χ2v) is 14.1. The Balaban J connectivity index is 0.000000537. The van der Waals surface area contributed by atoms with Crippen LogP contribution in [0, 0.1) is 24.7 Å². The normalized spacial score (nSPS) is 15.8. The molecule has 0 aromatic heterocycles. The van der Waals surface area contributed by atoms with Crippen LogP contribution in [0.25, 0.3) is 6.08 Å². The first-order chi connectivity index (χ1) is 21.2. The summed E-state index contributed by atoms with van der Waals surface area (Å²) in [5.41, 5.74) is 12.3. The van der Waals surface area contributed by atoms with E-state index in [0.717, 1.165) is 35.5 Å². The maximum atomic E-state index is 13.5. The van der Waals surface area contributed by atoms with Crippen LogP contribution in [-0.4, -0.2) is 64.5 Å². The SMILES string of the molecule is CC(C)C[C@@H](C(=O)NN(C(=O)[C@@H](C)N)C1CCSCC1)[C@H](C/C=C/c1ccccc1)C(=O)NO.Cc1ccc(S(=O)(=O)O)cc1. The van der Waals surface area contributed by atoms with Crippen LogP contribution in [0.5, 0.6) is 0 Å². The van der Waals surface area contributed by atoms with Crippen molar-refractivity contribution in [1.82, 2.24) is 15.9 Å². The van der Waals surface area contributed by atoms with Crippen molar-refractivity contribution >= 4 is 45.7 Å². The van der Waals surface area contributed by atoms with E-state index in [1.54, 1.807) is 24.5 Å². The lowest BCUT2D eigenvalue weighted by molar-refractivity contribution is -0.150. The van der Waals surface area contributed by atoms with E-state index in [1.165, 1.54) is 17.1 Å². The van der Waals surface area contributed by atoms with Gasteiger partial charge in [-0.25, -0.2) is 10.5 Å². The number of carbonyl (C=O) groups excluding carboxylic acids is 3. The van der Waals surface area contributed by atoms with Gasteiger partial charge in [-0.15, -0.1) is 0 Å². The molecule has 248 valence electrons. The van der Waals surface area contributed by atoms with Gasteiger partial charge in [0, 0.05) is 0 Å². The molecule has 1 aliphatic heterocycles. The Morgan fingerprint density at radius 3 is 2.11 bits per heavy atom. The summed E-state index contributed by atoms with van der Waals surface area (Å²) in [4.78, 5) is 38.9. The van der Waals surface area contributed by atoms with Crippen molar-refractivity contribution in [3.05, 3.63) is 71.8 Å². The van der Waals surface area contributed by atoms with Gasteiger partial charge in [-0.1, -0.05) is 74.0 Å². The molecule has 1 heterocycles. The first-order valence-electron chi connectivity index (χ1n) is 14.9. The van der Waals surface area contributed by atoms with E-state index in [-0.39, 0.29) is 29.2 Å². The molecule has 0 saturated carbocycles. The number of rotatable bonds is 11. The Morgan fingerprint density at radius 2 is 1.60 bits per heavy atom. The van der Waals surface area contributed by atoms with Crippen LogP contribution >= 0.6 is 11.8 Å². The van der Waals surface area contributed by atoms with Gasteiger partial charge in [-0.05, 0) is 74.7 Å². The molecule has 3 amide bonds. The molecule has 1 aliphatic rings. The molecular formula is C32H46N4O7S2. The molecule has 45 heavy (non-hydrogen) atoms. The fourth-order valence-corrected chi connectivity index (χ4v) is 6.38. The van der Waals surface area contributed by atoms with Crippen LogP contribution in [0.3, 0.4) is 0 Å². The van der Waals surface area contributed by atoms with Gasteiger partial charge in [0.15, 0.2) is 0 Å². The summed E-state index contributed by atoms with van der Waals surface area (Å²) >= 11 is 1.82. The highest BCUT2D eigenvalue weighted by Crippen LogP contribution is 2.27. The average Bonchev–Trinajstić information content (AvgIpc) is 3.01. The molecule has 3 atom stereocenters. The first kappa shape index (κ1) is 38.0. The number of amides is 3. The number of nitrogens with zero attached hydrogens (tertiary/aromatic N) is 1. The highest BCUT2D eigenvalue weighted by atomic mass is 32.2. The molecule has 0 unspecified atom stereocenters. The summed E-state index contributed by atoms with van der Waals surface area (Å²) < 4.78 is 29.6. The lowest BCUT2D eigenvalue weighted by Gasteiger charge is -2.37. The molecule has 2 aromatic rings. The van der Waals surface area contributed by atoms with Crippen molar-refractivity contribution in [2.24, 2.45) is 23.5 Å². The number of hydrazine groups is 1. The van der Waals surface area contributed by atoms with Crippen molar-refractivity contribution < 1.29 is 32.6 Å². The van der Waals surface area contributed by atoms with Crippen molar-refractivity contribution in [2.45, 2.75) is 70.4 Å². The van der Waals surface area contributed by atoms with Gasteiger partial charge < -0.3 is 5.73 Å². The van der Waals surface area contributed by atoms with Gasteiger partial charge in [-0.3, -0.25) is 29.6 Å². The molecule has 1 saturated heterocycles. The van der Waals surface area contributed by atoms with E-state index >= 15 is 0 Å². The van der Waals surface area contributed by atoms with Crippen LogP contribution in [-0.2, 0) is 24.5 Å². The zero-order valence-electron chi connectivity index (χ0n) is 26.3. The molecule has 3 rings (SSSR count). The topological polar surface area (TPSA) is 179 Å². The highest BCUT2D eigenvalue weighted by molar-refractivity contribution is 7.99. The van der Waals surface area contributed by atoms with E-state index in [4.69, 9.17) is 10.3 Å². The van der Waals surface area contributed by atoms with Crippen molar-refractivity contribution in [3.8, 4) is 0 Å².